The molecule has 0 radical (unpaired) electrons. The van der Waals surface area contributed by atoms with Gasteiger partial charge in [0, 0.05) is 18.4 Å². The van der Waals surface area contributed by atoms with Crippen molar-refractivity contribution in [1.29, 1.82) is 0 Å². The van der Waals surface area contributed by atoms with Gasteiger partial charge in [0.15, 0.2) is 5.78 Å². The molecule has 3 aromatic carbocycles. The average molecular weight is 386 g/mol. The monoisotopic (exact) mass is 386 g/mol. The lowest BCUT2D eigenvalue weighted by Crippen LogP contribution is -2.25. The Hall–Kier alpha value is -3.73. The van der Waals surface area contributed by atoms with E-state index in [0.29, 0.717) is 16.7 Å². The number of fused-ring (bicyclic) bond motifs is 2. The largest absolute Gasteiger partial charge is 0.507 e. The summed E-state index contributed by atoms with van der Waals surface area (Å²) in [6, 6.07) is 17.9. The lowest BCUT2D eigenvalue weighted by molar-refractivity contribution is -0.119. The lowest BCUT2D eigenvalue weighted by atomic mass is 9.74. The van der Waals surface area contributed by atoms with Gasteiger partial charge in [0.1, 0.15) is 17.3 Å². The highest BCUT2D eigenvalue weighted by molar-refractivity contribution is 6.18. The number of rotatable bonds is 5. The first-order valence-corrected chi connectivity index (χ1v) is 9.28. The predicted molar refractivity (Wildman–Crippen MR) is 107 cm³/mol. The summed E-state index contributed by atoms with van der Waals surface area (Å²) in [6.07, 6.45) is 0.0202. The molecule has 0 spiro atoms. The fraction of sp³-hybridized carbons (Fsp3) is 0.125. The predicted octanol–water partition coefficient (Wildman–Crippen LogP) is 4.01. The van der Waals surface area contributed by atoms with Gasteiger partial charge in [0.2, 0.25) is 5.78 Å². The second-order valence-corrected chi connectivity index (χ2v) is 7.00. The summed E-state index contributed by atoms with van der Waals surface area (Å²) in [5.74, 6) is -2.21. The molecule has 0 saturated carbocycles. The van der Waals surface area contributed by atoms with Gasteiger partial charge in [-0.2, -0.15) is 0 Å². The SMILES string of the molecule is O=C(CCC(=O)C1c2cccc(O)c2C(=O)c2c(O)cccc21)c1ccccc1. The standard InChI is InChI=1S/C24H18O5/c25-17(14-6-2-1-3-7-14)12-13-20(28)21-15-8-4-10-18(26)22(15)24(29)23-16(21)9-5-11-19(23)27/h1-11,21,26-27H,12-13H2. The van der Waals surface area contributed by atoms with Crippen LogP contribution >= 0.6 is 0 Å². The van der Waals surface area contributed by atoms with E-state index in [0.717, 1.165) is 0 Å². The lowest BCUT2D eigenvalue weighted by Gasteiger charge is -2.27. The minimum Gasteiger partial charge on any atom is -0.507 e. The average Bonchev–Trinajstić information content (AvgIpc) is 2.72. The highest BCUT2D eigenvalue weighted by atomic mass is 16.3. The summed E-state index contributed by atoms with van der Waals surface area (Å²) < 4.78 is 0. The molecule has 0 atom stereocenters. The Morgan fingerprint density at radius 2 is 1.28 bits per heavy atom. The molecule has 0 fully saturated rings. The first-order valence-electron chi connectivity index (χ1n) is 9.28. The molecule has 2 N–H and O–H groups in total. The van der Waals surface area contributed by atoms with Gasteiger partial charge >= 0.3 is 0 Å². The van der Waals surface area contributed by atoms with E-state index in [1.165, 1.54) is 12.1 Å². The molecule has 1 aliphatic rings. The minimum absolute atomic E-state index is 0.0171. The molecule has 29 heavy (non-hydrogen) atoms. The first-order chi connectivity index (χ1) is 14.0. The number of phenols is 2. The molecule has 5 nitrogen and oxygen atoms in total. The molecule has 0 aliphatic heterocycles. The number of carbonyl (C=O) groups excluding carboxylic acids is 3. The van der Waals surface area contributed by atoms with Crippen LogP contribution in [0.4, 0.5) is 0 Å². The van der Waals surface area contributed by atoms with E-state index >= 15 is 0 Å². The smallest absolute Gasteiger partial charge is 0.201 e. The number of ketones is 3. The molecule has 0 amide bonds. The van der Waals surface area contributed by atoms with Crippen molar-refractivity contribution in [2.24, 2.45) is 0 Å². The van der Waals surface area contributed by atoms with Crippen molar-refractivity contribution in [2.45, 2.75) is 18.8 Å². The summed E-state index contributed by atoms with van der Waals surface area (Å²) >= 11 is 0. The highest BCUT2D eigenvalue weighted by Gasteiger charge is 2.38. The second-order valence-electron chi connectivity index (χ2n) is 7.00. The van der Waals surface area contributed by atoms with Crippen LogP contribution in [0.25, 0.3) is 0 Å². The highest BCUT2D eigenvalue weighted by Crippen LogP contribution is 2.43. The summed E-state index contributed by atoms with van der Waals surface area (Å²) in [5, 5.41) is 20.5. The Kier molecular flexibility index (Phi) is 4.72. The van der Waals surface area contributed by atoms with Crippen molar-refractivity contribution in [3.63, 3.8) is 0 Å². The molecule has 1 aliphatic carbocycles. The van der Waals surface area contributed by atoms with E-state index in [-0.39, 0.29) is 47.0 Å². The van der Waals surface area contributed by atoms with Crippen LogP contribution in [0.5, 0.6) is 11.5 Å². The maximum Gasteiger partial charge on any atom is 0.201 e. The third-order valence-corrected chi connectivity index (χ3v) is 5.24. The van der Waals surface area contributed by atoms with Gasteiger partial charge in [0.25, 0.3) is 0 Å². The van der Waals surface area contributed by atoms with E-state index in [2.05, 4.69) is 0 Å². The number of phenolic OH excluding ortho intramolecular Hbond substituents is 2. The van der Waals surface area contributed by atoms with E-state index in [1.54, 1.807) is 48.5 Å². The van der Waals surface area contributed by atoms with Crippen molar-refractivity contribution in [3.8, 4) is 11.5 Å². The summed E-state index contributed by atoms with van der Waals surface area (Å²) in [4.78, 5) is 38.4. The third-order valence-electron chi connectivity index (χ3n) is 5.24. The van der Waals surface area contributed by atoms with Gasteiger partial charge in [0.05, 0.1) is 17.0 Å². The third kappa shape index (κ3) is 3.21. The van der Waals surface area contributed by atoms with Crippen LogP contribution in [0, 0.1) is 0 Å². The fourth-order valence-corrected chi connectivity index (χ4v) is 3.88. The second kappa shape index (κ2) is 7.36. The Balaban J connectivity index is 1.70. The molecule has 0 heterocycles. The summed E-state index contributed by atoms with van der Waals surface area (Å²) in [6.45, 7) is 0. The van der Waals surface area contributed by atoms with Gasteiger partial charge in [-0.1, -0.05) is 54.6 Å². The van der Waals surface area contributed by atoms with Crippen molar-refractivity contribution in [3.05, 3.63) is 94.5 Å². The quantitative estimate of drug-likeness (QED) is 0.647. The van der Waals surface area contributed by atoms with E-state index < -0.39 is 11.7 Å². The Bertz CT molecular complexity index is 1080. The normalized spacial score (nSPS) is 12.9. The molecular formula is C24H18O5. The zero-order valence-corrected chi connectivity index (χ0v) is 15.5. The number of aromatic hydroxyl groups is 2. The Morgan fingerprint density at radius 3 is 1.83 bits per heavy atom. The summed E-state index contributed by atoms with van der Waals surface area (Å²) in [5.41, 5.74) is 1.37. The van der Waals surface area contributed by atoms with E-state index in [9.17, 15) is 24.6 Å². The van der Waals surface area contributed by atoms with Gasteiger partial charge in [-0.25, -0.2) is 0 Å². The van der Waals surface area contributed by atoms with Crippen LogP contribution in [-0.2, 0) is 4.79 Å². The van der Waals surface area contributed by atoms with Crippen molar-refractivity contribution in [2.75, 3.05) is 0 Å². The number of hydrogen-bond donors (Lipinski definition) is 2. The molecule has 0 unspecified atom stereocenters. The van der Waals surface area contributed by atoms with Crippen molar-refractivity contribution >= 4 is 17.3 Å². The topological polar surface area (TPSA) is 91.7 Å². The maximum absolute atomic E-state index is 13.2. The Morgan fingerprint density at radius 1 is 0.724 bits per heavy atom. The van der Waals surface area contributed by atoms with Gasteiger partial charge in [-0.15, -0.1) is 0 Å². The molecular weight excluding hydrogens is 368 g/mol. The molecule has 5 heteroatoms. The van der Waals surface area contributed by atoms with Crippen molar-refractivity contribution < 1.29 is 24.6 Å². The maximum atomic E-state index is 13.2. The van der Waals surface area contributed by atoms with Crippen LogP contribution in [0.15, 0.2) is 66.7 Å². The zero-order chi connectivity index (χ0) is 20.5. The van der Waals surface area contributed by atoms with Crippen LogP contribution in [0.3, 0.4) is 0 Å². The van der Waals surface area contributed by atoms with Crippen LogP contribution in [0.1, 0.15) is 56.2 Å². The molecule has 4 rings (SSSR count). The zero-order valence-electron chi connectivity index (χ0n) is 15.5. The van der Waals surface area contributed by atoms with Gasteiger partial charge < -0.3 is 10.2 Å². The minimum atomic E-state index is -0.833. The molecule has 144 valence electrons. The van der Waals surface area contributed by atoms with E-state index in [1.807, 2.05) is 6.07 Å². The molecule has 0 bridgehead atoms. The number of hydrogen-bond acceptors (Lipinski definition) is 5. The molecule has 3 aromatic rings. The fourth-order valence-electron chi connectivity index (χ4n) is 3.88. The number of Topliss-reactive ketones (excluding diaryl/α,β-unsaturated/α-hetero) is 2. The van der Waals surface area contributed by atoms with Crippen LogP contribution in [0.2, 0.25) is 0 Å². The van der Waals surface area contributed by atoms with Gasteiger partial charge in [-0.05, 0) is 23.3 Å². The van der Waals surface area contributed by atoms with Crippen molar-refractivity contribution in [1.82, 2.24) is 0 Å². The van der Waals surface area contributed by atoms with Crippen LogP contribution < -0.4 is 0 Å². The first kappa shape index (κ1) is 18.6. The van der Waals surface area contributed by atoms with Gasteiger partial charge in [-0.3, -0.25) is 14.4 Å². The molecule has 0 saturated heterocycles. The number of benzene rings is 3. The number of carbonyl (C=O) groups is 3. The molecule has 0 aromatic heterocycles. The van der Waals surface area contributed by atoms with E-state index in [4.69, 9.17) is 0 Å². The Labute approximate surface area is 167 Å². The van der Waals surface area contributed by atoms with Crippen LogP contribution in [-0.4, -0.2) is 27.6 Å². The summed E-state index contributed by atoms with van der Waals surface area (Å²) in [7, 11) is 0.